The predicted molar refractivity (Wildman–Crippen MR) is 80.0 cm³/mol. The van der Waals surface area contributed by atoms with Gasteiger partial charge >= 0.3 is 0 Å². The summed E-state index contributed by atoms with van der Waals surface area (Å²) in [5.74, 6) is -0.354. The zero-order chi connectivity index (χ0) is 16.0. The lowest BCUT2D eigenvalue weighted by Crippen LogP contribution is -2.29. The molecule has 1 atom stereocenters. The van der Waals surface area contributed by atoms with E-state index in [-0.39, 0.29) is 29.7 Å². The van der Waals surface area contributed by atoms with E-state index < -0.39 is 15.7 Å². The quantitative estimate of drug-likeness (QED) is 0.578. The number of amides is 1. The van der Waals surface area contributed by atoms with Crippen molar-refractivity contribution in [3.05, 3.63) is 41.9 Å². The maximum atomic E-state index is 11.9. The number of aromatic nitrogens is 1. The van der Waals surface area contributed by atoms with Gasteiger partial charge in [0, 0.05) is 31.2 Å². The number of rotatable bonds is 5. The van der Waals surface area contributed by atoms with Crippen LogP contribution in [0.25, 0.3) is 0 Å². The summed E-state index contributed by atoms with van der Waals surface area (Å²) in [6, 6.07) is 5.12. The van der Waals surface area contributed by atoms with Crippen molar-refractivity contribution >= 4 is 15.7 Å². The highest BCUT2D eigenvalue weighted by Gasteiger charge is 2.27. The second kappa shape index (κ2) is 7.04. The third-order valence-corrected chi connectivity index (χ3v) is 5.00. The molecule has 0 radical (unpaired) electrons. The molecule has 22 heavy (non-hydrogen) atoms. The number of pyridine rings is 1. The van der Waals surface area contributed by atoms with Gasteiger partial charge in [-0.1, -0.05) is 6.07 Å². The molecule has 0 bridgehead atoms. The van der Waals surface area contributed by atoms with E-state index in [1.807, 2.05) is 6.07 Å². The summed E-state index contributed by atoms with van der Waals surface area (Å²) < 4.78 is 22.7. The molecule has 116 valence electrons. The fourth-order valence-electron chi connectivity index (χ4n) is 2.06. The topological polar surface area (TPSA) is 112 Å². The van der Waals surface area contributed by atoms with E-state index in [0.717, 1.165) is 5.56 Å². The van der Waals surface area contributed by atoms with Crippen LogP contribution in [0.4, 0.5) is 0 Å². The van der Waals surface area contributed by atoms with Gasteiger partial charge < -0.3 is 10.6 Å². The van der Waals surface area contributed by atoms with Crippen LogP contribution in [0.3, 0.4) is 0 Å². The summed E-state index contributed by atoms with van der Waals surface area (Å²) in [5, 5.41) is 14.5. The predicted octanol–water partition coefficient (Wildman–Crippen LogP) is -0.118. The second-order valence-electron chi connectivity index (χ2n) is 4.98. The lowest BCUT2D eigenvalue weighted by Gasteiger charge is -2.08. The van der Waals surface area contributed by atoms with Crippen LogP contribution in [-0.2, 0) is 21.2 Å². The summed E-state index contributed by atoms with van der Waals surface area (Å²) in [6.45, 7) is 0.267. The normalized spacial score (nSPS) is 20.1. The first-order valence-electron chi connectivity index (χ1n) is 6.74. The summed E-state index contributed by atoms with van der Waals surface area (Å²) >= 11 is 0. The fourth-order valence-corrected chi connectivity index (χ4v) is 3.74. The van der Waals surface area contributed by atoms with E-state index in [1.165, 1.54) is 6.20 Å². The number of nitrogens with one attached hydrogen (secondary N) is 2. The first-order chi connectivity index (χ1) is 10.5. The zero-order valence-electron chi connectivity index (χ0n) is 11.8. The summed E-state index contributed by atoms with van der Waals surface area (Å²) in [5.41, 5.74) is 0.733. The van der Waals surface area contributed by atoms with Gasteiger partial charge in [0.05, 0.1) is 11.5 Å². The highest BCUT2D eigenvalue weighted by atomic mass is 32.2. The molecule has 0 saturated carbocycles. The minimum atomic E-state index is -3.00. The van der Waals surface area contributed by atoms with Crippen molar-refractivity contribution in [3.63, 3.8) is 0 Å². The molecular weight excluding hydrogens is 304 g/mol. The number of sulfone groups is 1. The van der Waals surface area contributed by atoms with E-state index in [9.17, 15) is 13.2 Å². The van der Waals surface area contributed by atoms with Gasteiger partial charge in [-0.05, 0) is 18.1 Å². The molecule has 2 N–H and O–H groups in total. The van der Waals surface area contributed by atoms with Gasteiger partial charge in [0.25, 0.3) is 5.91 Å². The van der Waals surface area contributed by atoms with Gasteiger partial charge in [0.2, 0.25) is 0 Å². The van der Waals surface area contributed by atoms with Gasteiger partial charge in [-0.25, -0.2) is 8.42 Å². The molecule has 1 unspecified atom stereocenters. The van der Waals surface area contributed by atoms with E-state index in [4.69, 9.17) is 5.26 Å². The first kappa shape index (κ1) is 16.0. The van der Waals surface area contributed by atoms with Crippen molar-refractivity contribution in [2.75, 3.05) is 11.5 Å². The van der Waals surface area contributed by atoms with Crippen molar-refractivity contribution in [1.82, 2.24) is 15.6 Å². The minimum absolute atomic E-state index is 0.0273. The van der Waals surface area contributed by atoms with Crippen LogP contribution in [0.2, 0.25) is 0 Å². The average molecular weight is 320 g/mol. The third-order valence-electron chi connectivity index (χ3n) is 3.24. The SMILES string of the molecule is N#C/C(=C/NC1CCS(=O)(=O)C1)C(=O)NCc1cccnc1. The number of hydrogen-bond donors (Lipinski definition) is 2. The molecule has 1 saturated heterocycles. The molecule has 1 aliphatic heterocycles. The van der Waals surface area contributed by atoms with Crippen LogP contribution >= 0.6 is 0 Å². The molecule has 0 aliphatic carbocycles. The second-order valence-corrected chi connectivity index (χ2v) is 7.21. The van der Waals surface area contributed by atoms with Gasteiger partial charge in [-0.15, -0.1) is 0 Å². The van der Waals surface area contributed by atoms with E-state index in [0.29, 0.717) is 6.42 Å². The Morgan fingerprint density at radius 1 is 1.55 bits per heavy atom. The molecule has 7 nitrogen and oxygen atoms in total. The number of hydrogen-bond acceptors (Lipinski definition) is 6. The highest BCUT2D eigenvalue weighted by Crippen LogP contribution is 2.11. The monoisotopic (exact) mass is 320 g/mol. The summed E-state index contributed by atoms with van der Waals surface area (Å²) in [6.07, 6.45) is 5.02. The van der Waals surface area contributed by atoms with Crippen molar-refractivity contribution in [1.29, 1.82) is 5.26 Å². The van der Waals surface area contributed by atoms with Gasteiger partial charge in [0.1, 0.15) is 11.6 Å². The Kier molecular flexibility index (Phi) is 5.12. The fraction of sp³-hybridized carbons (Fsp3) is 0.357. The standard InChI is InChI=1S/C14H16N4O3S/c15-6-12(9-17-13-3-5-22(20,21)10-13)14(19)18-8-11-2-1-4-16-7-11/h1-2,4,7,9,13,17H,3,5,8,10H2,(H,18,19)/b12-9-. The van der Waals surface area contributed by atoms with Crippen LogP contribution < -0.4 is 10.6 Å². The Morgan fingerprint density at radius 3 is 2.95 bits per heavy atom. The minimum Gasteiger partial charge on any atom is -0.386 e. The van der Waals surface area contributed by atoms with Gasteiger partial charge in [0.15, 0.2) is 9.84 Å². The van der Waals surface area contributed by atoms with Crippen molar-refractivity contribution < 1.29 is 13.2 Å². The molecule has 2 rings (SSSR count). The largest absolute Gasteiger partial charge is 0.386 e. The molecule has 8 heteroatoms. The maximum Gasteiger partial charge on any atom is 0.263 e. The van der Waals surface area contributed by atoms with E-state index >= 15 is 0 Å². The Labute approximate surface area is 129 Å². The van der Waals surface area contributed by atoms with Crippen molar-refractivity contribution in [3.8, 4) is 6.07 Å². The molecule has 1 fully saturated rings. The number of carbonyl (C=O) groups excluding carboxylic acids is 1. The molecule has 1 aromatic heterocycles. The number of nitriles is 1. The van der Waals surface area contributed by atoms with Crippen LogP contribution in [0.1, 0.15) is 12.0 Å². The van der Waals surface area contributed by atoms with Crippen LogP contribution in [0, 0.1) is 11.3 Å². The Morgan fingerprint density at radius 2 is 2.36 bits per heavy atom. The van der Waals surface area contributed by atoms with Crippen molar-refractivity contribution in [2.24, 2.45) is 0 Å². The maximum absolute atomic E-state index is 11.9. The van der Waals surface area contributed by atoms with Gasteiger partial charge in [-0.3, -0.25) is 9.78 Å². The molecule has 0 spiro atoms. The van der Waals surface area contributed by atoms with Crippen LogP contribution in [0.5, 0.6) is 0 Å². The van der Waals surface area contributed by atoms with Crippen LogP contribution in [-0.4, -0.2) is 36.9 Å². The molecule has 1 aromatic rings. The smallest absolute Gasteiger partial charge is 0.263 e. The molecule has 2 heterocycles. The van der Waals surface area contributed by atoms with Crippen molar-refractivity contribution in [2.45, 2.75) is 19.0 Å². The Bertz CT molecular complexity index is 707. The zero-order valence-corrected chi connectivity index (χ0v) is 12.6. The third kappa shape index (κ3) is 4.56. The number of nitrogens with zero attached hydrogens (tertiary/aromatic N) is 2. The average Bonchev–Trinajstić information content (AvgIpc) is 2.86. The summed E-state index contributed by atoms with van der Waals surface area (Å²) in [4.78, 5) is 15.8. The Hall–Kier alpha value is -2.40. The molecule has 1 aliphatic rings. The van der Waals surface area contributed by atoms with E-state index in [2.05, 4.69) is 15.6 Å². The lowest BCUT2D eigenvalue weighted by molar-refractivity contribution is -0.117. The molecule has 0 aromatic carbocycles. The molecular formula is C14H16N4O3S. The first-order valence-corrected chi connectivity index (χ1v) is 8.56. The Balaban J connectivity index is 1.89. The van der Waals surface area contributed by atoms with Crippen LogP contribution in [0.15, 0.2) is 36.3 Å². The number of carbonyl (C=O) groups is 1. The summed E-state index contributed by atoms with van der Waals surface area (Å²) in [7, 11) is -3.00. The molecule has 1 amide bonds. The highest BCUT2D eigenvalue weighted by molar-refractivity contribution is 7.91. The van der Waals surface area contributed by atoms with Gasteiger partial charge in [-0.2, -0.15) is 5.26 Å². The van der Waals surface area contributed by atoms with E-state index in [1.54, 1.807) is 24.5 Å². The lowest BCUT2D eigenvalue weighted by atomic mass is 10.2.